The van der Waals surface area contributed by atoms with Crippen molar-refractivity contribution in [2.45, 2.75) is 0 Å². The number of rotatable bonds is 2. The van der Waals surface area contributed by atoms with Gasteiger partial charge in [0.1, 0.15) is 11.5 Å². The fourth-order valence-electron chi connectivity index (χ4n) is 1.44. The van der Waals surface area contributed by atoms with E-state index in [-0.39, 0.29) is 22.2 Å². The topological polar surface area (TPSA) is 72.1 Å². The van der Waals surface area contributed by atoms with E-state index < -0.39 is 11.8 Å². The van der Waals surface area contributed by atoms with Gasteiger partial charge in [-0.15, -0.1) is 0 Å². The molecule has 1 N–H and O–H groups in total. The van der Waals surface area contributed by atoms with Crippen molar-refractivity contribution >= 4 is 23.2 Å². The average Bonchev–Trinajstić information content (AvgIpc) is 2.71. The largest absolute Gasteiger partial charge is 0.465 e. The van der Waals surface area contributed by atoms with Gasteiger partial charge >= 0.3 is 5.97 Å². The summed E-state index contributed by atoms with van der Waals surface area (Å²) in [4.78, 5) is 21.8. The number of aromatic nitrogens is 2. The minimum absolute atomic E-state index is 0.0453. The number of nitrogens with zero attached hydrogens (tertiary/aromatic N) is 1. The van der Waals surface area contributed by atoms with Crippen molar-refractivity contribution in [2.75, 3.05) is 7.11 Å². The molecule has 1 aromatic carbocycles. The van der Waals surface area contributed by atoms with Gasteiger partial charge in [0.15, 0.2) is 6.29 Å². The molecule has 0 unspecified atom stereocenters. The number of benzene rings is 1. The first-order valence-electron chi connectivity index (χ1n) is 4.38. The summed E-state index contributed by atoms with van der Waals surface area (Å²) in [5.41, 5.74) is 0.308. The maximum atomic E-state index is 13.6. The molecule has 0 aliphatic carbocycles. The molecule has 0 radical (unpaired) electrons. The molecule has 1 aromatic heterocycles. The molecule has 0 bridgehead atoms. The van der Waals surface area contributed by atoms with Gasteiger partial charge in [-0.05, 0) is 12.1 Å². The normalized spacial score (nSPS) is 10.4. The summed E-state index contributed by atoms with van der Waals surface area (Å²) < 4.78 is 18.1. The predicted molar refractivity (Wildman–Crippen MR) is 52.8 cm³/mol. The molecule has 6 heteroatoms. The number of fused-ring (bicyclic) bond motifs is 1. The lowest BCUT2D eigenvalue weighted by Gasteiger charge is -1.99. The van der Waals surface area contributed by atoms with Gasteiger partial charge < -0.3 is 4.74 Å². The van der Waals surface area contributed by atoms with Crippen LogP contribution in [0.2, 0.25) is 0 Å². The zero-order valence-electron chi connectivity index (χ0n) is 8.28. The monoisotopic (exact) mass is 222 g/mol. The Kier molecular flexibility index (Phi) is 2.40. The van der Waals surface area contributed by atoms with Crippen molar-refractivity contribution in [3.63, 3.8) is 0 Å². The molecule has 0 amide bonds. The van der Waals surface area contributed by atoms with Crippen molar-refractivity contribution in [2.24, 2.45) is 0 Å². The second-order valence-electron chi connectivity index (χ2n) is 3.10. The van der Waals surface area contributed by atoms with Crippen molar-refractivity contribution < 1.29 is 18.7 Å². The van der Waals surface area contributed by atoms with Crippen molar-refractivity contribution in [1.82, 2.24) is 10.2 Å². The van der Waals surface area contributed by atoms with Crippen LogP contribution in [-0.2, 0) is 4.74 Å². The molecule has 0 saturated carbocycles. The summed E-state index contributed by atoms with van der Waals surface area (Å²) in [6, 6.07) is 2.37. The second-order valence-corrected chi connectivity index (χ2v) is 3.10. The molecule has 5 nitrogen and oxygen atoms in total. The lowest BCUT2D eigenvalue weighted by molar-refractivity contribution is 0.0600. The number of methoxy groups -OCH3 is 1. The molecular formula is C10H7FN2O3. The Bertz CT molecular complexity index is 577. The fourth-order valence-corrected chi connectivity index (χ4v) is 1.44. The Hall–Kier alpha value is -2.24. The number of H-pyrrole nitrogens is 1. The Morgan fingerprint density at radius 2 is 2.31 bits per heavy atom. The number of halogens is 1. The lowest BCUT2D eigenvalue weighted by Crippen LogP contribution is -2.01. The van der Waals surface area contributed by atoms with Crippen molar-refractivity contribution in [1.29, 1.82) is 0 Å². The van der Waals surface area contributed by atoms with E-state index >= 15 is 0 Å². The van der Waals surface area contributed by atoms with Crippen LogP contribution in [0, 0.1) is 5.82 Å². The van der Waals surface area contributed by atoms with E-state index in [0.717, 1.165) is 6.07 Å². The number of esters is 1. The lowest BCUT2D eigenvalue weighted by atomic mass is 10.1. The number of nitrogens with one attached hydrogen (secondary N) is 1. The minimum atomic E-state index is -0.686. The van der Waals surface area contributed by atoms with E-state index in [1.165, 1.54) is 13.2 Å². The summed E-state index contributed by atoms with van der Waals surface area (Å²) in [6.45, 7) is 0. The molecule has 0 saturated heterocycles. The molecule has 0 aliphatic heterocycles. The Morgan fingerprint density at radius 3 is 2.94 bits per heavy atom. The van der Waals surface area contributed by atoms with Crippen LogP contribution in [0.4, 0.5) is 4.39 Å². The van der Waals surface area contributed by atoms with Gasteiger partial charge in [-0.3, -0.25) is 9.89 Å². The number of aromatic amines is 1. The van der Waals surface area contributed by atoms with Crippen LogP contribution < -0.4 is 0 Å². The second kappa shape index (κ2) is 3.73. The fraction of sp³-hybridized carbons (Fsp3) is 0.100. The molecule has 1 heterocycles. The van der Waals surface area contributed by atoms with Gasteiger partial charge in [0.2, 0.25) is 0 Å². The molecule has 0 atom stereocenters. The van der Waals surface area contributed by atoms with Gasteiger partial charge in [0.25, 0.3) is 0 Å². The SMILES string of the molecule is COC(=O)c1cc(F)c2c(C=O)[nH]nc2c1. The van der Waals surface area contributed by atoms with Gasteiger partial charge in [0, 0.05) is 0 Å². The molecule has 82 valence electrons. The first kappa shape index (κ1) is 10.3. The first-order chi connectivity index (χ1) is 7.67. The van der Waals surface area contributed by atoms with Crippen LogP contribution in [0.1, 0.15) is 20.8 Å². The van der Waals surface area contributed by atoms with E-state index in [0.29, 0.717) is 6.29 Å². The van der Waals surface area contributed by atoms with E-state index in [1.807, 2.05) is 0 Å². The molecule has 2 rings (SSSR count). The molecule has 16 heavy (non-hydrogen) atoms. The number of carbonyl (C=O) groups is 2. The quantitative estimate of drug-likeness (QED) is 0.614. The van der Waals surface area contributed by atoms with Crippen LogP contribution in [0.15, 0.2) is 12.1 Å². The Labute approximate surface area is 89.2 Å². The van der Waals surface area contributed by atoms with E-state index in [9.17, 15) is 14.0 Å². The van der Waals surface area contributed by atoms with Crippen LogP contribution >= 0.6 is 0 Å². The number of carbonyl (C=O) groups excluding carboxylic acids is 2. The third kappa shape index (κ3) is 1.44. The van der Waals surface area contributed by atoms with E-state index in [4.69, 9.17) is 0 Å². The maximum Gasteiger partial charge on any atom is 0.338 e. The van der Waals surface area contributed by atoms with Crippen LogP contribution in [-0.4, -0.2) is 29.6 Å². The summed E-state index contributed by atoms with van der Waals surface area (Å²) in [5.74, 6) is -1.34. The molecule has 0 aliphatic rings. The predicted octanol–water partition coefficient (Wildman–Crippen LogP) is 1.30. The van der Waals surface area contributed by atoms with Crippen LogP contribution in [0.3, 0.4) is 0 Å². The number of ether oxygens (including phenoxy) is 1. The van der Waals surface area contributed by atoms with Gasteiger partial charge in [-0.1, -0.05) is 0 Å². The summed E-state index contributed by atoms with van der Waals surface area (Å²) in [6.07, 6.45) is 0.468. The van der Waals surface area contributed by atoms with Crippen LogP contribution in [0.25, 0.3) is 10.9 Å². The zero-order valence-corrected chi connectivity index (χ0v) is 8.28. The van der Waals surface area contributed by atoms with Crippen LogP contribution in [0.5, 0.6) is 0 Å². The third-order valence-electron chi connectivity index (χ3n) is 2.17. The molecular weight excluding hydrogens is 215 g/mol. The van der Waals surface area contributed by atoms with E-state index in [2.05, 4.69) is 14.9 Å². The highest BCUT2D eigenvalue weighted by atomic mass is 19.1. The van der Waals surface area contributed by atoms with Crippen molar-refractivity contribution in [3.05, 3.63) is 29.2 Å². The molecule has 0 fully saturated rings. The third-order valence-corrected chi connectivity index (χ3v) is 2.17. The molecule has 2 aromatic rings. The first-order valence-corrected chi connectivity index (χ1v) is 4.38. The maximum absolute atomic E-state index is 13.6. The summed E-state index contributed by atoms with van der Waals surface area (Å²) in [5, 5.41) is 6.17. The van der Waals surface area contributed by atoms with Gasteiger partial charge in [-0.2, -0.15) is 5.10 Å². The summed E-state index contributed by atoms with van der Waals surface area (Å²) in [7, 11) is 1.20. The number of hydrogen-bond acceptors (Lipinski definition) is 4. The number of aldehydes is 1. The highest BCUT2D eigenvalue weighted by molar-refractivity contribution is 5.99. The Morgan fingerprint density at radius 1 is 1.56 bits per heavy atom. The van der Waals surface area contributed by atoms with Gasteiger partial charge in [-0.25, -0.2) is 9.18 Å². The minimum Gasteiger partial charge on any atom is -0.465 e. The zero-order chi connectivity index (χ0) is 11.7. The highest BCUT2D eigenvalue weighted by Crippen LogP contribution is 2.21. The average molecular weight is 222 g/mol. The van der Waals surface area contributed by atoms with E-state index in [1.54, 1.807) is 0 Å². The number of hydrogen-bond donors (Lipinski definition) is 1. The van der Waals surface area contributed by atoms with Gasteiger partial charge in [0.05, 0.1) is 23.6 Å². The summed E-state index contributed by atoms with van der Waals surface area (Å²) >= 11 is 0. The smallest absolute Gasteiger partial charge is 0.338 e. The molecule has 0 spiro atoms. The Balaban J connectivity index is 2.69. The standard InChI is InChI=1S/C10H7FN2O3/c1-16-10(15)5-2-6(11)9-7(3-5)12-13-8(9)4-14/h2-4H,1H3,(H,12,13). The highest BCUT2D eigenvalue weighted by Gasteiger charge is 2.15. The van der Waals surface area contributed by atoms with Crippen molar-refractivity contribution in [3.8, 4) is 0 Å².